The topological polar surface area (TPSA) is 54.9 Å². The van der Waals surface area contributed by atoms with Gasteiger partial charge in [-0.3, -0.25) is 4.79 Å². The van der Waals surface area contributed by atoms with Crippen LogP contribution in [0, 0.1) is 5.92 Å². The highest BCUT2D eigenvalue weighted by Gasteiger charge is 2.40. The summed E-state index contributed by atoms with van der Waals surface area (Å²) >= 11 is 6.11. The number of nitrogens with one attached hydrogen (secondary N) is 1. The molecule has 31 heavy (non-hydrogen) atoms. The summed E-state index contributed by atoms with van der Waals surface area (Å²) in [7, 11) is 0. The second-order valence-electron chi connectivity index (χ2n) is 8.16. The highest BCUT2D eigenvalue weighted by molar-refractivity contribution is 6.33. The number of hydrogen-bond donors (Lipinski definition) is 2. The summed E-state index contributed by atoms with van der Waals surface area (Å²) in [5.74, 6) is -0.995. The zero-order valence-corrected chi connectivity index (χ0v) is 17.6. The van der Waals surface area contributed by atoms with Crippen LogP contribution in [0.4, 0.5) is 13.2 Å². The molecule has 0 unspecified atom stereocenters. The number of piperidine rings is 1. The van der Waals surface area contributed by atoms with Crippen molar-refractivity contribution in [2.45, 2.75) is 32.5 Å². The largest absolute Gasteiger partial charge is 0.507 e. The van der Waals surface area contributed by atoms with E-state index in [1.807, 2.05) is 0 Å². The Hall–Kier alpha value is -2.51. The fourth-order valence-corrected chi connectivity index (χ4v) is 4.41. The second-order valence-corrected chi connectivity index (χ2v) is 8.57. The molecule has 0 aliphatic carbocycles. The number of phenolic OH excluding ortho intramolecular Hbond substituents is 1. The molecule has 0 spiro atoms. The molecule has 2 N–H and O–H groups in total. The summed E-state index contributed by atoms with van der Waals surface area (Å²) in [5, 5.41) is 10.4. The average molecular weight is 453 g/mol. The van der Waals surface area contributed by atoms with Crippen molar-refractivity contribution in [1.82, 2.24) is 0 Å². The molecule has 0 amide bonds. The molecule has 0 bridgehead atoms. The fraction of sp³-hybridized carbons (Fsp3) is 0.348. The van der Waals surface area contributed by atoms with Gasteiger partial charge in [-0.05, 0) is 37.0 Å². The van der Waals surface area contributed by atoms with Crippen LogP contribution in [-0.2, 0) is 12.7 Å². The third-order valence-electron chi connectivity index (χ3n) is 5.95. The Morgan fingerprint density at radius 2 is 1.84 bits per heavy atom. The van der Waals surface area contributed by atoms with Gasteiger partial charge in [0.1, 0.15) is 12.3 Å². The molecule has 4 rings (SSSR count). The van der Waals surface area contributed by atoms with Crippen molar-refractivity contribution >= 4 is 22.6 Å². The molecule has 8 heteroatoms. The van der Waals surface area contributed by atoms with E-state index in [-0.39, 0.29) is 39.4 Å². The van der Waals surface area contributed by atoms with Gasteiger partial charge in [-0.1, -0.05) is 36.7 Å². The minimum Gasteiger partial charge on any atom is -0.507 e. The van der Waals surface area contributed by atoms with Crippen LogP contribution in [-0.4, -0.2) is 18.2 Å². The maximum absolute atomic E-state index is 14.0. The number of phenols is 1. The number of halogens is 4. The van der Waals surface area contributed by atoms with Crippen LogP contribution in [0.2, 0.25) is 5.02 Å². The molecule has 4 nitrogen and oxygen atoms in total. The quantitative estimate of drug-likeness (QED) is 0.608. The Labute approximate surface area is 181 Å². The molecule has 0 atom stereocenters. The molecule has 2 aromatic carbocycles. The van der Waals surface area contributed by atoms with Crippen LogP contribution >= 0.6 is 11.6 Å². The lowest BCUT2D eigenvalue weighted by atomic mass is 9.97. The van der Waals surface area contributed by atoms with Crippen LogP contribution in [0.5, 0.6) is 5.75 Å². The summed E-state index contributed by atoms with van der Waals surface area (Å²) in [5.41, 5.74) is -1.50. The van der Waals surface area contributed by atoms with Crippen molar-refractivity contribution in [3.8, 4) is 16.9 Å². The van der Waals surface area contributed by atoms with Crippen molar-refractivity contribution in [3.63, 3.8) is 0 Å². The minimum atomic E-state index is -4.92. The normalized spacial score (nSPS) is 19.6. The summed E-state index contributed by atoms with van der Waals surface area (Å²) in [6, 6.07) is 8.49. The Bertz CT molecular complexity index is 1180. The number of benzene rings is 2. The third-order valence-corrected chi connectivity index (χ3v) is 6.28. The molecular weight excluding hydrogens is 431 g/mol. The summed E-state index contributed by atoms with van der Waals surface area (Å²) < 4.78 is 47.3. The average Bonchev–Trinajstić information content (AvgIpc) is 2.71. The lowest BCUT2D eigenvalue weighted by Gasteiger charge is -2.27. The number of hydrogen-bond acceptors (Lipinski definition) is 3. The minimum absolute atomic E-state index is 0.0134. The van der Waals surface area contributed by atoms with Gasteiger partial charge >= 0.3 is 6.18 Å². The number of alkyl halides is 3. The zero-order valence-electron chi connectivity index (χ0n) is 16.9. The Morgan fingerprint density at radius 3 is 2.48 bits per heavy atom. The third kappa shape index (κ3) is 4.16. The van der Waals surface area contributed by atoms with Crippen LogP contribution in [0.3, 0.4) is 0 Å². The molecule has 1 aliphatic rings. The Morgan fingerprint density at radius 1 is 1.16 bits per heavy atom. The van der Waals surface area contributed by atoms with Crippen LogP contribution < -0.4 is 10.3 Å². The van der Waals surface area contributed by atoms with Crippen molar-refractivity contribution in [2.75, 3.05) is 13.1 Å². The maximum atomic E-state index is 14.0. The van der Waals surface area contributed by atoms with Crippen LogP contribution in [0.15, 0.2) is 45.6 Å². The highest BCUT2D eigenvalue weighted by atomic mass is 35.5. The van der Waals surface area contributed by atoms with Crippen LogP contribution in [0.1, 0.15) is 31.1 Å². The Balaban J connectivity index is 1.95. The van der Waals surface area contributed by atoms with E-state index in [1.165, 1.54) is 30.3 Å². The summed E-state index contributed by atoms with van der Waals surface area (Å²) in [6.45, 7) is 4.12. The van der Waals surface area contributed by atoms with Crippen molar-refractivity contribution in [1.29, 1.82) is 0 Å². The van der Waals surface area contributed by atoms with Gasteiger partial charge in [0, 0.05) is 10.6 Å². The predicted molar refractivity (Wildman–Crippen MR) is 112 cm³/mol. The first-order chi connectivity index (χ1) is 14.7. The first kappa shape index (κ1) is 21.7. The van der Waals surface area contributed by atoms with Crippen molar-refractivity contribution < 1.29 is 27.6 Å². The van der Waals surface area contributed by atoms with E-state index >= 15 is 0 Å². The lowest BCUT2D eigenvalue weighted by Crippen LogP contribution is -3.11. The lowest BCUT2D eigenvalue weighted by molar-refractivity contribution is -0.919. The van der Waals surface area contributed by atoms with Gasteiger partial charge in [-0.25, -0.2) is 0 Å². The van der Waals surface area contributed by atoms with Crippen molar-refractivity contribution in [2.24, 2.45) is 5.92 Å². The van der Waals surface area contributed by atoms with Crippen LogP contribution in [0.25, 0.3) is 22.1 Å². The van der Waals surface area contributed by atoms with Gasteiger partial charge in [-0.15, -0.1) is 0 Å². The predicted octanol–water partition coefficient (Wildman–Crippen LogP) is 4.65. The second kappa shape index (κ2) is 8.20. The molecule has 0 saturated carbocycles. The van der Waals surface area contributed by atoms with Crippen molar-refractivity contribution in [3.05, 3.63) is 63.0 Å². The van der Waals surface area contributed by atoms with E-state index < -0.39 is 22.9 Å². The van der Waals surface area contributed by atoms with E-state index in [1.54, 1.807) is 6.07 Å². The zero-order chi connectivity index (χ0) is 22.3. The van der Waals surface area contributed by atoms with Gasteiger partial charge < -0.3 is 14.4 Å². The van der Waals surface area contributed by atoms with Gasteiger partial charge in [0.15, 0.2) is 5.58 Å². The number of quaternary nitrogens is 1. The van der Waals surface area contributed by atoms with Gasteiger partial charge in [0.2, 0.25) is 11.2 Å². The number of likely N-dealkylation sites (tertiary alicyclic amines) is 1. The molecule has 2 heterocycles. The molecular formula is C23H22ClF3NO3+. The van der Waals surface area contributed by atoms with Gasteiger partial charge in [0.25, 0.3) is 0 Å². The van der Waals surface area contributed by atoms with E-state index in [2.05, 4.69) is 6.92 Å². The molecule has 1 fully saturated rings. The first-order valence-corrected chi connectivity index (χ1v) is 10.5. The summed E-state index contributed by atoms with van der Waals surface area (Å²) in [4.78, 5) is 14.4. The fourth-order valence-electron chi connectivity index (χ4n) is 4.18. The smallest absolute Gasteiger partial charge is 0.450 e. The standard InChI is InChI=1S/C23H21ClF3NO3/c1-13-8-10-28(11-9-13)12-16-18(29)7-6-15-20(30)19(14-4-2-3-5-17(14)24)22(23(25,26)27)31-21(15)16/h2-7,13,29H,8-12H2,1H3/p+1. The van der Waals surface area contributed by atoms with E-state index in [0.29, 0.717) is 5.92 Å². The maximum Gasteiger partial charge on any atom is 0.450 e. The number of fused-ring (bicyclic) bond motifs is 1. The highest BCUT2D eigenvalue weighted by Crippen LogP contribution is 2.40. The monoisotopic (exact) mass is 452 g/mol. The van der Waals surface area contributed by atoms with E-state index in [9.17, 15) is 23.1 Å². The molecule has 0 radical (unpaired) electrons. The first-order valence-electron chi connectivity index (χ1n) is 10.1. The van der Waals surface area contributed by atoms with E-state index in [4.69, 9.17) is 16.0 Å². The molecule has 1 aliphatic heterocycles. The summed E-state index contributed by atoms with van der Waals surface area (Å²) in [6.07, 6.45) is -2.93. The molecule has 1 aromatic heterocycles. The van der Waals surface area contributed by atoms with Gasteiger partial charge in [0.05, 0.1) is 29.6 Å². The number of aromatic hydroxyl groups is 1. The Kier molecular flexibility index (Phi) is 5.75. The molecule has 164 valence electrons. The molecule has 3 aromatic rings. The molecule has 1 saturated heterocycles. The van der Waals surface area contributed by atoms with E-state index in [0.717, 1.165) is 30.8 Å². The SMILES string of the molecule is CC1CC[NH+](Cc2c(O)ccc3c(=O)c(-c4ccccc4Cl)c(C(F)(F)F)oc23)CC1. The number of rotatable bonds is 3. The van der Waals surface area contributed by atoms with Gasteiger partial charge in [-0.2, -0.15) is 13.2 Å².